The number of nitrogens with zero attached hydrogens (tertiary/aromatic N) is 2. The molecule has 2 rings (SSSR count). The fraction of sp³-hybridized carbons (Fsp3) is 0.417. The van der Waals surface area contributed by atoms with Crippen LogP contribution in [0.5, 0.6) is 5.75 Å². The van der Waals surface area contributed by atoms with Crippen LogP contribution >= 0.6 is 0 Å². The minimum atomic E-state index is -0.599. The summed E-state index contributed by atoms with van der Waals surface area (Å²) in [5, 5.41) is 0. The molecule has 0 bridgehead atoms. The lowest BCUT2D eigenvalue weighted by Gasteiger charge is -2.26. The highest BCUT2D eigenvalue weighted by atomic mass is 16.6. The van der Waals surface area contributed by atoms with Crippen molar-refractivity contribution in [3.05, 3.63) is 65.7 Å². The molecule has 0 N–H and O–H groups in total. The van der Waals surface area contributed by atoms with Gasteiger partial charge in [0.05, 0.1) is 0 Å². The van der Waals surface area contributed by atoms with Crippen molar-refractivity contribution in [1.82, 2.24) is 9.80 Å². The second-order valence-electron chi connectivity index (χ2n) is 8.42. The molecule has 2 aromatic rings. The minimum Gasteiger partial charge on any atom is -0.489 e. The van der Waals surface area contributed by atoms with Crippen molar-refractivity contribution in [3.63, 3.8) is 0 Å². The quantitative estimate of drug-likeness (QED) is 0.589. The summed E-state index contributed by atoms with van der Waals surface area (Å²) in [6, 6.07) is 16.9. The number of carbonyl (C=O) groups excluding carboxylic acids is 2. The first-order valence-electron chi connectivity index (χ1n) is 10.1. The molecule has 0 aromatic heterocycles. The zero-order chi connectivity index (χ0) is 22.1. The summed E-state index contributed by atoms with van der Waals surface area (Å²) in [5.41, 5.74) is 0.924. The number of hydrogen-bond acceptors (Lipinski definition) is 5. The Hall–Kier alpha value is -2.86. The molecule has 1 amide bonds. The zero-order valence-electron chi connectivity index (χ0n) is 18.6. The third-order valence-electron chi connectivity index (χ3n) is 4.17. The van der Waals surface area contributed by atoms with Gasteiger partial charge < -0.3 is 19.3 Å². The monoisotopic (exact) mass is 412 g/mol. The molecule has 0 heterocycles. The molecule has 0 spiro atoms. The lowest BCUT2D eigenvalue weighted by Crippen LogP contribution is -2.42. The predicted octanol–water partition coefficient (Wildman–Crippen LogP) is 3.61. The average molecular weight is 413 g/mol. The molecule has 6 nitrogen and oxygen atoms in total. The number of amides is 1. The molecule has 30 heavy (non-hydrogen) atoms. The summed E-state index contributed by atoms with van der Waals surface area (Å²) in [7, 11) is 3.85. The van der Waals surface area contributed by atoms with Crippen molar-refractivity contribution < 1.29 is 19.1 Å². The Morgan fingerprint density at radius 2 is 1.63 bits per heavy atom. The maximum absolute atomic E-state index is 13.1. The molecule has 0 unspecified atom stereocenters. The summed E-state index contributed by atoms with van der Waals surface area (Å²) < 4.78 is 11.2. The smallest absolute Gasteiger partial charge is 0.326 e. The number of ether oxygens (including phenoxy) is 2. The molecule has 2 aromatic carbocycles. The minimum absolute atomic E-state index is 0.0982. The number of likely N-dealkylation sites (N-methyl/N-ethyl adjacent to an activating group) is 1. The normalized spacial score (nSPS) is 11.3. The van der Waals surface area contributed by atoms with Crippen LogP contribution in [0.3, 0.4) is 0 Å². The van der Waals surface area contributed by atoms with Gasteiger partial charge >= 0.3 is 5.97 Å². The van der Waals surface area contributed by atoms with E-state index in [1.165, 1.54) is 4.90 Å². The highest BCUT2D eigenvalue weighted by Crippen LogP contribution is 2.17. The lowest BCUT2D eigenvalue weighted by atomic mass is 10.1. The first kappa shape index (κ1) is 23.4. The molecule has 162 valence electrons. The third-order valence-corrected chi connectivity index (χ3v) is 4.17. The Kier molecular flexibility index (Phi) is 8.42. The van der Waals surface area contributed by atoms with Crippen molar-refractivity contribution in [2.45, 2.75) is 33.0 Å². The van der Waals surface area contributed by atoms with Gasteiger partial charge in [0, 0.05) is 18.7 Å². The van der Waals surface area contributed by atoms with E-state index in [0.717, 1.165) is 5.56 Å². The van der Waals surface area contributed by atoms with E-state index < -0.39 is 11.6 Å². The standard InChI is InChI=1S/C24H32N2O4/c1-24(2,3)30-22(27)17-26(15-14-25(4)5)23(28)20-12-9-13-21(16-20)29-18-19-10-7-6-8-11-19/h6-13,16H,14-15,17-18H2,1-5H3. The molecule has 0 saturated heterocycles. The largest absolute Gasteiger partial charge is 0.489 e. The van der Waals surface area contributed by atoms with Gasteiger partial charge in [0.25, 0.3) is 5.91 Å². The summed E-state index contributed by atoms with van der Waals surface area (Å²) in [4.78, 5) is 28.9. The number of carbonyl (C=O) groups is 2. The van der Waals surface area contributed by atoms with Crippen LogP contribution in [-0.2, 0) is 16.1 Å². The van der Waals surface area contributed by atoms with Gasteiger partial charge in [0.1, 0.15) is 24.5 Å². The van der Waals surface area contributed by atoms with Crippen LogP contribution in [0.1, 0.15) is 36.7 Å². The van der Waals surface area contributed by atoms with Crippen LogP contribution in [0, 0.1) is 0 Å². The van der Waals surface area contributed by atoms with Gasteiger partial charge in [0.2, 0.25) is 0 Å². The van der Waals surface area contributed by atoms with Gasteiger partial charge in [-0.15, -0.1) is 0 Å². The summed E-state index contributed by atoms with van der Waals surface area (Å²) in [5.74, 6) is -0.0477. The maximum atomic E-state index is 13.1. The fourth-order valence-electron chi connectivity index (χ4n) is 2.75. The first-order chi connectivity index (χ1) is 14.1. The Labute approximate surface area is 179 Å². The van der Waals surface area contributed by atoms with Crippen molar-refractivity contribution in [2.24, 2.45) is 0 Å². The zero-order valence-corrected chi connectivity index (χ0v) is 18.6. The Morgan fingerprint density at radius 1 is 0.933 bits per heavy atom. The highest BCUT2D eigenvalue weighted by molar-refractivity contribution is 5.96. The van der Waals surface area contributed by atoms with Crippen LogP contribution < -0.4 is 4.74 Å². The molecular formula is C24H32N2O4. The number of benzene rings is 2. The average Bonchev–Trinajstić information content (AvgIpc) is 2.68. The number of rotatable bonds is 9. The fourth-order valence-corrected chi connectivity index (χ4v) is 2.75. The third kappa shape index (κ3) is 8.25. The second-order valence-corrected chi connectivity index (χ2v) is 8.42. The predicted molar refractivity (Wildman–Crippen MR) is 118 cm³/mol. The number of hydrogen-bond donors (Lipinski definition) is 0. The van der Waals surface area contributed by atoms with Crippen molar-refractivity contribution in [1.29, 1.82) is 0 Å². The molecule has 0 atom stereocenters. The Balaban J connectivity index is 2.10. The van der Waals surface area contributed by atoms with Gasteiger partial charge in [-0.2, -0.15) is 0 Å². The molecule has 6 heteroatoms. The summed E-state index contributed by atoms with van der Waals surface area (Å²) >= 11 is 0. The van der Waals surface area contributed by atoms with Crippen LogP contribution in [0.25, 0.3) is 0 Å². The second kappa shape index (κ2) is 10.8. The van der Waals surface area contributed by atoms with E-state index in [0.29, 0.717) is 31.0 Å². The van der Waals surface area contributed by atoms with E-state index in [1.54, 1.807) is 18.2 Å². The van der Waals surface area contributed by atoms with Crippen LogP contribution in [-0.4, -0.2) is 61.0 Å². The van der Waals surface area contributed by atoms with Gasteiger partial charge in [-0.1, -0.05) is 36.4 Å². The summed E-state index contributed by atoms with van der Waals surface area (Å²) in [6.07, 6.45) is 0. The van der Waals surface area contributed by atoms with Gasteiger partial charge in [0.15, 0.2) is 0 Å². The van der Waals surface area contributed by atoms with Gasteiger partial charge in [-0.25, -0.2) is 0 Å². The lowest BCUT2D eigenvalue weighted by molar-refractivity contribution is -0.155. The molecule has 0 radical (unpaired) electrons. The van der Waals surface area contributed by atoms with E-state index in [9.17, 15) is 9.59 Å². The van der Waals surface area contributed by atoms with E-state index in [-0.39, 0.29) is 12.5 Å². The van der Waals surface area contributed by atoms with Gasteiger partial charge in [-0.3, -0.25) is 9.59 Å². The van der Waals surface area contributed by atoms with Crippen LogP contribution in [0.2, 0.25) is 0 Å². The molecule has 0 fully saturated rings. The molecule has 0 saturated carbocycles. The highest BCUT2D eigenvalue weighted by Gasteiger charge is 2.23. The Bertz CT molecular complexity index is 829. The summed E-state index contributed by atoms with van der Waals surface area (Å²) in [6.45, 7) is 6.80. The molecule has 0 aliphatic heterocycles. The number of esters is 1. The maximum Gasteiger partial charge on any atom is 0.326 e. The topological polar surface area (TPSA) is 59.1 Å². The molecule has 0 aliphatic rings. The Morgan fingerprint density at radius 3 is 2.27 bits per heavy atom. The van der Waals surface area contributed by atoms with Crippen molar-refractivity contribution >= 4 is 11.9 Å². The molecule has 0 aliphatic carbocycles. The van der Waals surface area contributed by atoms with E-state index >= 15 is 0 Å². The van der Waals surface area contributed by atoms with E-state index in [2.05, 4.69) is 0 Å². The molecular weight excluding hydrogens is 380 g/mol. The van der Waals surface area contributed by atoms with Crippen molar-refractivity contribution in [3.8, 4) is 5.75 Å². The van der Waals surface area contributed by atoms with Gasteiger partial charge in [-0.05, 0) is 58.6 Å². The van der Waals surface area contributed by atoms with E-state index in [4.69, 9.17) is 9.47 Å². The SMILES string of the molecule is CN(C)CCN(CC(=O)OC(C)(C)C)C(=O)c1cccc(OCc2ccccc2)c1. The van der Waals surface area contributed by atoms with E-state index in [1.807, 2.05) is 76.2 Å². The van der Waals surface area contributed by atoms with Crippen LogP contribution in [0.15, 0.2) is 54.6 Å². The van der Waals surface area contributed by atoms with Crippen molar-refractivity contribution in [2.75, 3.05) is 33.7 Å². The first-order valence-corrected chi connectivity index (χ1v) is 10.1. The van der Waals surface area contributed by atoms with Crippen LogP contribution in [0.4, 0.5) is 0 Å².